The molecular weight excluding hydrogens is 274 g/mol. The minimum atomic E-state index is -0.603. The normalized spacial score (nSPS) is 15.4. The van der Waals surface area contributed by atoms with Crippen molar-refractivity contribution in [1.82, 2.24) is 0 Å². The van der Waals surface area contributed by atoms with Crippen LogP contribution in [0.5, 0.6) is 0 Å². The van der Waals surface area contributed by atoms with E-state index >= 15 is 0 Å². The molecule has 0 bridgehead atoms. The minimum absolute atomic E-state index is 0.143. The van der Waals surface area contributed by atoms with Gasteiger partial charge in [0.1, 0.15) is 6.04 Å². The molecule has 2 aromatic rings. The van der Waals surface area contributed by atoms with Crippen molar-refractivity contribution in [3.63, 3.8) is 0 Å². The maximum atomic E-state index is 11.7. The lowest BCUT2D eigenvalue weighted by Gasteiger charge is -2.22. The van der Waals surface area contributed by atoms with Gasteiger partial charge in [-0.2, -0.15) is 0 Å². The topological polar surface area (TPSA) is 52.3 Å². The summed E-state index contributed by atoms with van der Waals surface area (Å²) in [6.45, 7) is 0. The number of carbonyl (C=O) groups excluding carboxylic acids is 1. The van der Waals surface area contributed by atoms with Crippen LogP contribution in [0.15, 0.2) is 48.5 Å². The van der Waals surface area contributed by atoms with Crippen molar-refractivity contribution in [2.75, 3.05) is 7.11 Å². The number of hydrogen-bond acceptors (Lipinski definition) is 3. The number of carbonyl (C=O) groups is 1. The van der Waals surface area contributed by atoms with Gasteiger partial charge in [-0.1, -0.05) is 48.5 Å². The van der Waals surface area contributed by atoms with E-state index in [9.17, 15) is 4.79 Å². The van der Waals surface area contributed by atoms with Gasteiger partial charge >= 0.3 is 5.97 Å². The zero-order valence-corrected chi connectivity index (χ0v) is 12.8. The first-order valence-corrected chi connectivity index (χ1v) is 7.69. The number of rotatable bonds is 3. The average Bonchev–Trinajstić information content (AvgIpc) is 2.72. The van der Waals surface area contributed by atoms with Gasteiger partial charge in [0.25, 0.3) is 0 Å². The van der Waals surface area contributed by atoms with Gasteiger partial charge < -0.3 is 10.5 Å². The van der Waals surface area contributed by atoms with Crippen molar-refractivity contribution in [2.45, 2.75) is 31.2 Å². The Bertz CT molecular complexity index is 633. The van der Waals surface area contributed by atoms with Crippen LogP contribution in [0.25, 0.3) is 0 Å². The summed E-state index contributed by atoms with van der Waals surface area (Å²) in [6.07, 6.45) is 2.62. The molecule has 114 valence electrons. The van der Waals surface area contributed by atoms with Crippen molar-refractivity contribution in [3.8, 4) is 0 Å². The fourth-order valence-corrected chi connectivity index (χ4v) is 3.40. The lowest BCUT2D eigenvalue weighted by Crippen LogP contribution is -2.33. The summed E-state index contributed by atoms with van der Waals surface area (Å²) >= 11 is 0. The maximum absolute atomic E-state index is 11.7. The Kier molecular flexibility index (Phi) is 4.25. The summed E-state index contributed by atoms with van der Waals surface area (Å²) in [4.78, 5) is 11.7. The van der Waals surface area contributed by atoms with Crippen molar-refractivity contribution in [1.29, 1.82) is 0 Å². The van der Waals surface area contributed by atoms with E-state index in [0.29, 0.717) is 6.42 Å². The highest BCUT2D eigenvalue weighted by Crippen LogP contribution is 2.36. The molecule has 3 heteroatoms. The lowest BCUT2D eigenvalue weighted by atomic mass is 9.83. The van der Waals surface area contributed by atoms with E-state index in [1.165, 1.54) is 29.4 Å². The number of esters is 1. The predicted molar refractivity (Wildman–Crippen MR) is 86.7 cm³/mol. The molecule has 3 rings (SSSR count). The highest BCUT2D eigenvalue weighted by Gasteiger charge is 2.27. The van der Waals surface area contributed by atoms with Crippen LogP contribution in [0.4, 0.5) is 0 Å². The first-order chi connectivity index (χ1) is 10.7. The number of methoxy groups -OCH3 is 1. The Morgan fingerprint density at radius 3 is 2.09 bits per heavy atom. The van der Waals surface area contributed by atoms with E-state index in [2.05, 4.69) is 48.5 Å². The molecule has 0 aliphatic heterocycles. The summed E-state index contributed by atoms with van der Waals surface area (Å²) in [5, 5.41) is 0. The molecule has 22 heavy (non-hydrogen) atoms. The van der Waals surface area contributed by atoms with Gasteiger partial charge in [0.2, 0.25) is 0 Å². The van der Waals surface area contributed by atoms with E-state index < -0.39 is 6.04 Å². The first-order valence-electron chi connectivity index (χ1n) is 7.69. The average molecular weight is 295 g/mol. The summed E-state index contributed by atoms with van der Waals surface area (Å²) in [6, 6.07) is 16.3. The van der Waals surface area contributed by atoms with Gasteiger partial charge in [0, 0.05) is 5.92 Å². The fourth-order valence-electron chi connectivity index (χ4n) is 3.40. The molecule has 1 aliphatic rings. The molecule has 3 nitrogen and oxygen atoms in total. The van der Waals surface area contributed by atoms with Crippen LogP contribution in [0, 0.1) is 0 Å². The van der Waals surface area contributed by atoms with Crippen LogP contribution in [-0.2, 0) is 22.4 Å². The van der Waals surface area contributed by atoms with E-state index in [4.69, 9.17) is 10.5 Å². The SMILES string of the molecule is COC(=O)C(N)CC1c2ccccc2CCc2ccccc21. The molecule has 1 aliphatic carbocycles. The maximum Gasteiger partial charge on any atom is 0.322 e. The summed E-state index contributed by atoms with van der Waals surface area (Å²) in [5.74, 6) is -0.205. The lowest BCUT2D eigenvalue weighted by molar-refractivity contribution is -0.142. The molecule has 0 aromatic heterocycles. The third-order valence-corrected chi connectivity index (χ3v) is 4.52. The van der Waals surface area contributed by atoms with Crippen LogP contribution in [0.1, 0.15) is 34.6 Å². The Labute approximate surface area is 131 Å². The monoisotopic (exact) mass is 295 g/mol. The predicted octanol–water partition coefficient (Wildman–Crippen LogP) is 2.81. The van der Waals surface area contributed by atoms with E-state index in [0.717, 1.165) is 12.8 Å². The molecule has 0 saturated heterocycles. The van der Waals surface area contributed by atoms with Gasteiger partial charge in [-0.25, -0.2) is 0 Å². The number of ether oxygens (including phenoxy) is 1. The summed E-state index contributed by atoms with van der Waals surface area (Å²) in [5.41, 5.74) is 11.3. The van der Waals surface area contributed by atoms with Crippen LogP contribution < -0.4 is 5.73 Å². The fraction of sp³-hybridized carbons (Fsp3) is 0.316. The molecule has 0 heterocycles. The molecule has 0 radical (unpaired) electrons. The second-order valence-electron chi connectivity index (χ2n) is 5.82. The van der Waals surface area contributed by atoms with Gasteiger partial charge in [0.05, 0.1) is 7.11 Å². The second kappa shape index (κ2) is 6.32. The first kappa shape index (κ1) is 14.8. The molecule has 2 N–H and O–H groups in total. The van der Waals surface area contributed by atoms with Crippen LogP contribution in [-0.4, -0.2) is 19.1 Å². The molecule has 0 fully saturated rings. The van der Waals surface area contributed by atoms with Gasteiger partial charge in [-0.3, -0.25) is 4.79 Å². The van der Waals surface area contributed by atoms with Crippen molar-refractivity contribution >= 4 is 5.97 Å². The van der Waals surface area contributed by atoms with Crippen molar-refractivity contribution < 1.29 is 9.53 Å². The van der Waals surface area contributed by atoms with Crippen LogP contribution in [0.2, 0.25) is 0 Å². The third-order valence-electron chi connectivity index (χ3n) is 4.52. The number of nitrogens with two attached hydrogens (primary N) is 1. The van der Waals surface area contributed by atoms with Crippen molar-refractivity contribution in [3.05, 3.63) is 70.8 Å². The van der Waals surface area contributed by atoms with E-state index in [1.807, 2.05) is 0 Å². The van der Waals surface area contributed by atoms with Gasteiger partial charge in [-0.15, -0.1) is 0 Å². The Morgan fingerprint density at radius 1 is 1.09 bits per heavy atom. The molecule has 0 saturated carbocycles. The number of aryl methyl sites for hydroxylation is 2. The molecule has 0 spiro atoms. The van der Waals surface area contributed by atoms with Gasteiger partial charge in [0.15, 0.2) is 0 Å². The van der Waals surface area contributed by atoms with E-state index in [-0.39, 0.29) is 11.9 Å². The molecular formula is C19H21NO2. The summed E-state index contributed by atoms with van der Waals surface area (Å²) < 4.78 is 4.80. The molecule has 0 amide bonds. The van der Waals surface area contributed by atoms with Gasteiger partial charge in [-0.05, 0) is 41.5 Å². The zero-order chi connectivity index (χ0) is 15.5. The Morgan fingerprint density at radius 2 is 1.59 bits per heavy atom. The zero-order valence-electron chi connectivity index (χ0n) is 12.8. The second-order valence-corrected chi connectivity index (χ2v) is 5.82. The highest BCUT2D eigenvalue weighted by atomic mass is 16.5. The molecule has 2 aromatic carbocycles. The highest BCUT2D eigenvalue weighted by molar-refractivity contribution is 5.75. The largest absolute Gasteiger partial charge is 0.468 e. The van der Waals surface area contributed by atoms with Crippen LogP contribution in [0.3, 0.4) is 0 Å². The quantitative estimate of drug-likeness (QED) is 0.886. The minimum Gasteiger partial charge on any atom is -0.468 e. The number of fused-ring (bicyclic) bond motifs is 2. The molecule has 1 atom stereocenters. The van der Waals surface area contributed by atoms with Crippen molar-refractivity contribution in [2.24, 2.45) is 5.73 Å². The van der Waals surface area contributed by atoms with Crippen LogP contribution >= 0.6 is 0 Å². The third kappa shape index (κ3) is 2.77. The number of benzene rings is 2. The smallest absolute Gasteiger partial charge is 0.322 e. The Hall–Kier alpha value is -2.13. The molecule has 1 unspecified atom stereocenters. The standard InChI is InChI=1S/C19H21NO2/c1-22-19(21)18(20)12-17-15-8-4-2-6-13(15)10-11-14-7-3-5-9-16(14)17/h2-9,17-18H,10-12,20H2,1H3. The van der Waals surface area contributed by atoms with E-state index in [1.54, 1.807) is 0 Å². The number of hydrogen-bond donors (Lipinski definition) is 1. The Balaban J connectivity index is 2.04. The summed E-state index contributed by atoms with van der Waals surface area (Å²) in [7, 11) is 1.39.